The molecule has 1 N–H and O–H groups in total. The Balaban J connectivity index is 1.98. The van der Waals surface area contributed by atoms with E-state index in [0.717, 1.165) is 11.5 Å². The number of rotatable bonds is 4. The third kappa shape index (κ3) is 5.62. The van der Waals surface area contributed by atoms with E-state index in [0.29, 0.717) is 29.9 Å². The molecule has 1 aliphatic heterocycles. The molecule has 132 valence electrons. The van der Waals surface area contributed by atoms with Crippen molar-refractivity contribution in [3.8, 4) is 0 Å². The van der Waals surface area contributed by atoms with E-state index in [4.69, 9.17) is 0 Å². The van der Waals surface area contributed by atoms with Crippen LogP contribution in [0.25, 0.3) is 0 Å². The molecule has 24 heavy (non-hydrogen) atoms. The number of nitrogens with zero attached hydrogens (tertiary/aromatic N) is 1. The Bertz CT molecular complexity index is 617. The Morgan fingerprint density at radius 3 is 2.54 bits per heavy atom. The number of carbonyl (C=O) groups excluding carboxylic acids is 2. The quantitative estimate of drug-likeness (QED) is 0.873. The lowest BCUT2D eigenvalue weighted by Gasteiger charge is -2.26. The molecule has 1 aromatic rings. The smallest absolute Gasteiger partial charge is 0.337 e. The first-order valence-corrected chi connectivity index (χ1v) is 9.38. The van der Waals surface area contributed by atoms with E-state index in [1.54, 1.807) is 41.8 Å². The van der Waals surface area contributed by atoms with Gasteiger partial charge in [-0.2, -0.15) is 24.9 Å². The molecule has 0 aliphatic carbocycles. The first-order chi connectivity index (χ1) is 11.3. The molecule has 1 heterocycles. The Hall–Kier alpha value is -1.35. The van der Waals surface area contributed by atoms with Crippen LogP contribution in [0.3, 0.4) is 0 Å². The lowest BCUT2D eigenvalue weighted by atomic mass is 10.1. The van der Waals surface area contributed by atoms with Crippen LogP contribution < -0.4 is 5.32 Å². The number of carbonyl (C=O) groups is 2. The van der Waals surface area contributed by atoms with E-state index < -0.39 is 17.2 Å². The van der Waals surface area contributed by atoms with Gasteiger partial charge in [-0.25, -0.2) is 0 Å². The highest BCUT2D eigenvalue weighted by Gasteiger charge is 2.29. The van der Waals surface area contributed by atoms with E-state index in [2.05, 4.69) is 5.32 Å². The first-order valence-electron chi connectivity index (χ1n) is 7.24. The van der Waals surface area contributed by atoms with Crippen LogP contribution in [0, 0.1) is 6.92 Å². The summed E-state index contributed by atoms with van der Waals surface area (Å²) in [5.74, 6) is 0.331. The summed E-state index contributed by atoms with van der Waals surface area (Å²) in [4.78, 5) is 25.7. The van der Waals surface area contributed by atoms with Gasteiger partial charge in [0.25, 0.3) is 5.91 Å². The summed E-state index contributed by atoms with van der Waals surface area (Å²) in [6.07, 6.45) is 0. The topological polar surface area (TPSA) is 49.4 Å². The SMILES string of the molecule is Cc1cc(C(=O)N2CCSCC2)ccc1NC(=O)CSC(F)(F)F. The molecule has 2 rings (SSSR count). The second-order valence-electron chi connectivity index (χ2n) is 5.22. The largest absolute Gasteiger partial charge is 0.442 e. The highest BCUT2D eigenvalue weighted by atomic mass is 32.2. The number of alkyl halides is 3. The maximum Gasteiger partial charge on any atom is 0.442 e. The summed E-state index contributed by atoms with van der Waals surface area (Å²) in [5.41, 5.74) is -2.87. The monoisotopic (exact) mass is 378 g/mol. The number of thioether (sulfide) groups is 2. The second-order valence-corrected chi connectivity index (χ2v) is 7.48. The number of nitrogens with one attached hydrogen (secondary N) is 1. The number of benzene rings is 1. The number of hydrogen-bond donors (Lipinski definition) is 1. The van der Waals surface area contributed by atoms with Gasteiger partial charge in [-0.1, -0.05) is 0 Å². The van der Waals surface area contributed by atoms with Gasteiger partial charge in [0, 0.05) is 35.8 Å². The molecule has 2 amide bonds. The minimum absolute atomic E-state index is 0.0658. The summed E-state index contributed by atoms with van der Waals surface area (Å²) >= 11 is 1.43. The minimum atomic E-state index is -4.44. The molecule has 0 unspecified atom stereocenters. The number of aryl methyl sites for hydroxylation is 1. The zero-order valence-corrected chi connectivity index (χ0v) is 14.6. The molecule has 0 atom stereocenters. The summed E-state index contributed by atoms with van der Waals surface area (Å²) in [5, 5.41) is 2.44. The van der Waals surface area contributed by atoms with Gasteiger partial charge in [-0.3, -0.25) is 9.59 Å². The highest BCUT2D eigenvalue weighted by molar-refractivity contribution is 8.00. The maximum absolute atomic E-state index is 12.4. The predicted octanol–water partition coefficient (Wildman–Crippen LogP) is 3.38. The van der Waals surface area contributed by atoms with Crippen LogP contribution in [0.2, 0.25) is 0 Å². The highest BCUT2D eigenvalue weighted by Crippen LogP contribution is 2.30. The fourth-order valence-corrected chi connectivity index (χ4v) is 3.49. The average molecular weight is 378 g/mol. The van der Waals surface area contributed by atoms with Crippen molar-refractivity contribution in [2.75, 3.05) is 35.7 Å². The number of anilines is 1. The van der Waals surface area contributed by atoms with Gasteiger partial charge in [-0.05, 0) is 42.4 Å². The molecule has 0 saturated carbocycles. The fraction of sp³-hybridized carbons (Fsp3) is 0.467. The van der Waals surface area contributed by atoms with E-state index >= 15 is 0 Å². The summed E-state index contributed by atoms with van der Waals surface area (Å²) in [6.45, 7) is 3.11. The molecule has 0 spiro atoms. The molecule has 1 aliphatic rings. The molecule has 0 bridgehead atoms. The van der Waals surface area contributed by atoms with Gasteiger partial charge < -0.3 is 10.2 Å². The lowest BCUT2D eigenvalue weighted by Crippen LogP contribution is -2.37. The predicted molar refractivity (Wildman–Crippen MR) is 91.6 cm³/mol. The van der Waals surface area contributed by atoms with E-state index in [1.807, 2.05) is 0 Å². The maximum atomic E-state index is 12.4. The Morgan fingerprint density at radius 2 is 1.96 bits per heavy atom. The zero-order valence-electron chi connectivity index (χ0n) is 13.0. The van der Waals surface area contributed by atoms with Gasteiger partial charge in [0.2, 0.25) is 5.91 Å². The van der Waals surface area contributed by atoms with Crippen molar-refractivity contribution < 1.29 is 22.8 Å². The van der Waals surface area contributed by atoms with Gasteiger partial charge >= 0.3 is 5.51 Å². The summed E-state index contributed by atoms with van der Waals surface area (Å²) < 4.78 is 36.3. The Morgan fingerprint density at radius 1 is 1.29 bits per heavy atom. The van der Waals surface area contributed by atoms with Crippen LogP contribution in [0.1, 0.15) is 15.9 Å². The van der Waals surface area contributed by atoms with E-state index in [9.17, 15) is 22.8 Å². The first kappa shape index (κ1) is 19.0. The molecular formula is C15H17F3N2O2S2. The minimum Gasteiger partial charge on any atom is -0.337 e. The number of halogens is 3. The summed E-state index contributed by atoms with van der Waals surface area (Å²) in [6, 6.07) is 4.79. The van der Waals surface area contributed by atoms with Gasteiger partial charge in [-0.15, -0.1) is 0 Å². The van der Waals surface area contributed by atoms with Crippen molar-refractivity contribution in [2.24, 2.45) is 0 Å². The van der Waals surface area contributed by atoms with Crippen LogP contribution in [0.5, 0.6) is 0 Å². The molecule has 1 saturated heterocycles. The molecule has 9 heteroatoms. The van der Waals surface area contributed by atoms with Gasteiger partial charge in [0.15, 0.2) is 0 Å². The lowest BCUT2D eigenvalue weighted by molar-refractivity contribution is -0.114. The molecule has 1 fully saturated rings. The van der Waals surface area contributed by atoms with Crippen molar-refractivity contribution in [1.82, 2.24) is 4.90 Å². The van der Waals surface area contributed by atoms with Crippen LogP contribution in [-0.2, 0) is 4.79 Å². The third-order valence-corrected chi connectivity index (χ3v) is 5.09. The van der Waals surface area contributed by atoms with E-state index in [1.165, 1.54) is 0 Å². The normalized spacial score (nSPS) is 15.2. The van der Waals surface area contributed by atoms with Crippen LogP contribution in [0.15, 0.2) is 18.2 Å². The van der Waals surface area contributed by atoms with Crippen LogP contribution in [-0.4, -0.2) is 52.6 Å². The zero-order chi connectivity index (χ0) is 17.7. The van der Waals surface area contributed by atoms with Crippen molar-refractivity contribution >= 4 is 41.0 Å². The Kier molecular flexibility index (Phi) is 6.45. The van der Waals surface area contributed by atoms with Gasteiger partial charge in [0.1, 0.15) is 0 Å². The van der Waals surface area contributed by atoms with Crippen molar-refractivity contribution in [3.63, 3.8) is 0 Å². The van der Waals surface area contributed by atoms with E-state index in [-0.39, 0.29) is 17.7 Å². The molecule has 0 aromatic heterocycles. The molecule has 4 nitrogen and oxygen atoms in total. The van der Waals surface area contributed by atoms with Gasteiger partial charge in [0.05, 0.1) is 5.75 Å². The number of hydrogen-bond acceptors (Lipinski definition) is 4. The van der Waals surface area contributed by atoms with Crippen molar-refractivity contribution in [1.29, 1.82) is 0 Å². The standard InChI is InChI=1S/C15H17F3N2O2S2/c1-10-8-11(14(22)20-4-6-23-7-5-20)2-3-12(10)19-13(21)9-24-15(16,17)18/h2-3,8H,4-7,9H2,1H3,(H,19,21). The summed E-state index contributed by atoms with van der Waals surface area (Å²) in [7, 11) is 0. The molecular weight excluding hydrogens is 361 g/mol. The third-order valence-electron chi connectivity index (χ3n) is 3.41. The van der Waals surface area contributed by atoms with Crippen molar-refractivity contribution in [2.45, 2.75) is 12.4 Å². The number of amides is 2. The average Bonchev–Trinajstić information content (AvgIpc) is 2.54. The second kappa shape index (κ2) is 8.15. The van der Waals surface area contributed by atoms with Crippen molar-refractivity contribution in [3.05, 3.63) is 29.3 Å². The van der Waals surface area contributed by atoms with Crippen LogP contribution in [0.4, 0.5) is 18.9 Å². The fourth-order valence-electron chi connectivity index (χ4n) is 2.22. The molecule has 1 aromatic carbocycles. The molecule has 0 radical (unpaired) electrons. The Labute approximate surface area is 146 Å². The van der Waals surface area contributed by atoms with Crippen LogP contribution >= 0.6 is 23.5 Å².